The van der Waals surface area contributed by atoms with Gasteiger partial charge in [0.05, 0.1) is 18.7 Å². The van der Waals surface area contributed by atoms with Gasteiger partial charge in [-0.15, -0.1) is 0 Å². The molecule has 27 heavy (non-hydrogen) atoms. The number of hydrogen-bond donors (Lipinski definition) is 0. The van der Waals surface area contributed by atoms with Crippen molar-refractivity contribution in [3.63, 3.8) is 0 Å². The Morgan fingerprint density at radius 3 is 2.22 bits per heavy atom. The summed E-state index contributed by atoms with van der Waals surface area (Å²) >= 11 is 0. The highest BCUT2D eigenvalue weighted by atomic mass is 16.5. The number of likely N-dealkylation sites (tertiary alicyclic amines) is 1. The number of amides is 1. The Hall–Kier alpha value is -2.81. The highest BCUT2D eigenvalue weighted by molar-refractivity contribution is 5.86. The maximum atomic E-state index is 13.7. The van der Waals surface area contributed by atoms with Crippen molar-refractivity contribution in [2.45, 2.75) is 25.4 Å². The Balaban J connectivity index is 1.86. The molecule has 2 aromatic carbocycles. The van der Waals surface area contributed by atoms with Crippen molar-refractivity contribution < 1.29 is 9.53 Å². The summed E-state index contributed by atoms with van der Waals surface area (Å²) < 4.78 is 5.59. The molecule has 1 saturated heterocycles. The lowest BCUT2D eigenvalue weighted by Gasteiger charge is -2.41. The molecule has 2 aromatic rings. The second-order valence-electron chi connectivity index (χ2n) is 7.70. The van der Waals surface area contributed by atoms with E-state index in [1.165, 1.54) is 0 Å². The molecule has 0 N–H and O–H groups in total. The summed E-state index contributed by atoms with van der Waals surface area (Å²) in [6, 6.07) is 20.6. The van der Waals surface area contributed by atoms with Crippen LogP contribution >= 0.6 is 0 Å². The van der Waals surface area contributed by atoms with E-state index < -0.39 is 5.54 Å². The molecule has 3 heteroatoms. The summed E-state index contributed by atoms with van der Waals surface area (Å²) in [4.78, 5) is 15.7. The van der Waals surface area contributed by atoms with Crippen LogP contribution in [-0.4, -0.2) is 17.9 Å². The quantitative estimate of drug-likeness (QED) is 0.782. The van der Waals surface area contributed by atoms with Gasteiger partial charge in [0.1, 0.15) is 11.7 Å². The number of fused-ring (bicyclic) bond motifs is 1. The van der Waals surface area contributed by atoms with Gasteiger partial charge in [0.25, 0.3) is 0 Å². The van der Waals surface area contributed by atoms with E-state index in [-0.39, 0.29) is 23.8 Å². The first-order chi connectivity index (χ1) is 13.1. The molecule has 1 amide bonds. The second kappa shape index (κ2) is 6.73. The van der Waals surface area contributed by atoms with Crippen molar-refractivity contribution in [3.05, 3.63) is 95.8 Å². The Labute approximate surface area is 161 Å². The fourth-order valence-electron chi connectivity index (χ4n) is 4.54. The van der Waals surface area contributed by atoms with Gasteiger partial charge in [-0.25, -0.2) is 0 Å². The van der Waals surface area contributed by atoms with Gasteiger partial charge in [0.15, 0.2) is 0 Å². The smallest absolute Gasteiger partial charge is 0.235 e. The van der Waals surface area contributed by atoms with Crippen LogP contribution < -0.4 is 0 Å². The number of benzene rings is 2. The van der Waals surface area contributed by atoms with E-state index in [1.54, 1.807) is 7.11 Å². The number of methoxy groups -OCH3 is 1. The van der Waals surface area contributed by atoms with Crippen LogP contribution in [0.25, 0.3) is 0 Å². The summed E-state index contributed by atoms with van der Waals surface area (Å²) in [6.45, 7) is 4.26. The van der Waals surface area contributed by atoms with Crippen LogP contribution in [0.3, 0.4) is 0 Å². The van der Waals surface area contributed by atoms with Gasteiger partial charge in [-0.1, -0.05) is 72.8 Å². The first-order valence-corrected chi connectivity index (χ1v) is 9.41. The molecule has 138 valence electrons. The zero-order valence-corrected chi connectivity index (χ0v) is 16.0. The normalized spacial score (nSPS) is 24.6. The third-order valence-corrected chi connectivity index (χ3v) is 5.89. The van der Waals surface area contributed by atoms with Crippen LogP contribution in [0.5, 0.6) is 0 Å². The molecule has 1 heterocycles. The Morgan fingerprint density at radius 1 is 0.963 bits per heavy atom. The standard InChI is InChI=1S/C24H25NO2/c1-24(2,18-13-8-5-9-14-18)25-22(17-11-6-4-7-12-17)19-15-10-16-20(27-3)21(19)23(25)26/h4-16,19,21-22H,1-3H3/t19-,21-,22+/m1/s1. The molecule has 1 aliphatic heterocycles. The maximum absolute atomic E-state index is 13.7. The van der Waals surface area contributed by atoms with Crippen LogP contribution in [0.4, 0.5) is 0 Å². The van der Waals surface area contributed by atoms with E-state index in [0.29, 0.717) is 0 Å². The molecule has 2 aliphatic rings. The van der Waals surface area contributed by atoms with Crippen molar-refractivity contribution >= 4 is 5.91 Å². The van der Waals surface area contributed by atoms with E-state index in [0.717, 1.165) is 16.9 Å². The molecule has 0 radical (unpaired) electrons. The number of rotatable bonds is 4. The Kier molecular flexibility index (Phi) is 4.39. The third kappa shape index (κ3) is 2.78. The topological polar surface area (TPSA) is 29.5 Å². The van der Waals surface area contributed by atoms with Gasteiger partial charge in [0, 0.05) is 5.92 Å². The monoisotopic (exact) mass is 359 g/mol. The molecule has 0 unspecified atom stereocenters. The predicted octanol–water partition coefficient (Wildman–Crippen LogP) is 4.84. The summed E-state index contributed by atoms with van der Waals surface area (Å²) in [7, 11) is 1.65. The molecular formula is C24H25NO2. The molecule has 0 spiro atoms. The third-order valence-electron chi connectivity index (χ3n) is 5.89. The minimum atomic E-state index is -0.442. The van der Waals surface area contributed by atoms with Crippen molar-refractivity contribution in [3.8, 4) is 0 Å². The number of carbonyl (C=O) groups excluding carboxylic acids is 1. The summed E-state index contributed by atoms with van der Waals surface area (Å²) in [6.07, 6.45) is 6.09. The van der Waals surface area contributed by atoms with E-state index in [9.17, 15) is 4.79 Å². The maximum Gasteiger partial charge on any atom is 0.235 e. The summed E-state index contributed by atoms with van der Waals surface area (Å²) in [5.41, 5.74) is 1.84. The van der Waals surface area contributed by atoms with Gasteiger partial charge in [0.2, 0.25) is 5.91 Å². The number of allylic oxidation sites excluding steroid dienone is 2. The van der Waals surface area contributed by atoms with Crippen molar-refractivity contribution in [2.24, 2.45) is 11.8 Å². The van der Waals surface area contributed by atoms with Crippen molar-refractivity contribution in [2.75, 3.05) is 7.11 Å². The minimum absolute atomic E-state index is 0.0333. The molecular weight excluding hydrogens is 334 g/mol. The average molecular weight is 359 g/mol. The lowest BCUT2D eigenvalue weighted by atomic mass is 9.82. The summed E-state index contributed by atoms with van der Waals surface area (Å²) in [5.74, 6) is 0.663. The zero-order valence-electron chi connectivity index (χ0n) is 16.0. The average Bonchev–Trinajstić information content (AvgIpc) is 3.03. The molecule has 3 nitrogen and oxygen atoms in total. The van der Waals surface area contributed by atoms with Crippen molar-refractivity contribution in [1.29, 1.82) is 0 Å². The Bertz CT molecular complexity index is 883. The van der Waals surface area contributed by atoms with Crippen LogP contribution in [0, 0.1) is 11.8 Å². The van der Waals surface area contributed by atoms with Gasteiger partial charge in [-0.3, -0.25) is 4.79 Å². The minimum Gasteiger partial charge on any atom is -0.500 e. The molecule has 3 atom stereocenters. The summed E-state index contributed by atoms with van der Waals surface area (Å²) in [5, 5.41) is 0. The number of hydrogen-bond acceptors (Lipinski definition) is 2. The molecule has 0 saturated carbocycles. The molecule has 1 aliphatic carbocycles. The van der Waals surface area contributed by atoms with Crippen LogP contribution in [-0.2, 0) is 15.1 Å². The van der Waals surface area contributed by atoms with Crippen molar-refractivity contribution in [1.82, 2.24) is 4.90 Å². The number of ether oxygens (including phenoxy) is 1. The lowest BCUT2D eigenvalue weighted by molar-refractivity contribution is -0.137. The van der Waals surface area contributed by atoms with Crippen LogP contribution in [0.2, 0.25) is 0 Å². The first kappa shape index (κ1) is 17.6. The van der Waals surface area contributed by atoms with Gasteiger partial charge in [-0.2, -0.15) is 0 Å². The molecule has 0 bridgehead atoms. The lowest BCUT2D eigenvalue weighted by Crippen LogP contribution is -2.45. The van der Waals surface area contributed by atoms with Gasteiger partial charge in [-0.05, 0) is 31.1 Å². The highest BCUT2D eigenvalue weighted by Gasteiger charge is 2.54. The predicted molar refractivity (Wildman–Crippen MR) is 107 cm³/mol. The molecule has 0 aromatic heterocycles. The van der Waals surface area contributed by atoms with Crippen LogP contribution in [0.15, 0.2) is 84.7 Å². The van der Waals surface area contributed by atoms with E-state index in [2.05, 4.69) is 49.1 Å². The fourth-order valence-corrected chi connectivity index (χ4v) is 4.54. The van der Waals surface area contributed by atoms with E-state index >= 15 is 0 Å². The van der Waals surface area contributed by atoms with E-state index in [1.807, 2.05) is 48.6 Å². The van der Waals surface area contributed by atoms with Gasteiger partial charge < -0.3 is 9.64 Å². The highest BCUT2D eigenvalue weighted by Crippen LogP contribution is 2.51. The van der Waals surface area contributed by atoms with Crippen LogP contribution in [0.1, 0.15) is 31.0 Å². The molecule has 4 rings (SSSR count). The zero-order chi connectivity index (χ0) is 19.0. The van der Waals surface area contributed by atoms with E-state index in [4.69, 9.17) is 4.74 Å². The number of nitrogens with zero attached hydrogens (tertiary/aromatic N) is 1. The largest absolute Gasteiger partial charge is 0.500 e. The SMILES string of the molecule is COC1=CC=C[C@@H]2[C@H]1C(=O)N(C(C)(C)c1ccccc1)[C@H]2c1ccccc1. The van der Waals surface area contributed by atoms with Gasteiger partial charge >= 0.3 is 0 Å². The first-order valence-electron chi connectivity index (χ1n) is 9.41. The second-order valence-corrected chi connectivity index (χ2v) is 7.70. The fraction of sp³-hybridized carbons (Fsp3) is 0.292. The Morgan fingerprint density at radius 2 is 1.59 bits per heavy atom. The molecule has 1 fully saturated rings. The number of carbonyl (C=O) groups is 1.